The summed E-state index contributed by atoms with van der Waals surface area (Å²) in [4.78, 5) is 14.8. The van der Waals surface area contributed by atoms with E-state index in [1.807, 2.05) is 36.9 Å². The van der Waals surface area contributed by atoms with Gasteiger partial charge < -0.3 is 9.64 Å². The molecule has 0 aromatic carbocycles. The highest BCUT2D eigenvalue weighted by molar-refractivity contribution is 6.31. The van der Waals surface area contributed by atoms with Gasteiger partial charge in [-0.1, -0.05) is 17.7 Å². The van der Waals surface area contributed by atoms with E-state index in [2.05, 4.69) is 15.0 Å². The van der Waals surface area contributed by atoms with Crippen LogP contribution >= 0.6 is 11.6 Å². The number of ether oxygens (including phenoxy) is 1. The Hall–Kier alpha value is -1.88. The maximum atomic E-state index is 6.04. The first kappa shape index (κ1) is 14.5. The van der Waals surface area contributed by atoms with Gasteiger partial charge in [0.1, 0.15) is 6.33 Å². The lowest BCUT2D eigenvalue weighted by molar-refractivity contribution is 0.410. The number of hydrogen-bond acceptors (Lipinski definition) is 5. The fourth-order valence-corrected chi connectivity index (χ4v) is 2.17. The summed E-state index contributed by atoms with van der Waals surface area (Å²) in [5, 5.41) is 0.313. The van der Waals surface area contributed by atoms with Crippen LogP contribution < -0.4 is 9.64 Å². The largest absolute Gasteiger partial charge is 0.490 e. The standard InChI is InChI=1S/C14H17ClN4O/c1-4-19(8-11-7-5-6-10(2)18-11)14-12(20-3)13(15)16-9-17-14/h5-7,9H,4,8H2,1-3H3. The fourth-order valence-electron chi connectivity index (χ4n) is 1.96. The molecule has 106 valence electrons. The molecule has 2 aromatic heterocycles. The minimum absolute atomic E-state index is 0.313. The number of rotatable bonds is 5. The molecule has 0 fully saturated rings. The molecule has 0 bridgehead atoms. The van der Waals surface area contributed by atoms with Gasteiger partial charge in [0.15, 0.2) is 16.7 Å². The average molecular weight is 293 g/mol. The van der Waals surface area contributed by atoms with Crippen molar-refractivity contribution in [3.8, 4) is 5.75 Å². The summed E-state index contributed by atoms with van der Waals surface area (Å²) >= 11 is 6.04. The molecule has 0 saturated carbocycles. The number of aryl methyl sites for hydroxylation is 1. The van der Waals surface area contributed by atoms with Gasteiger partial charge in [-0.05, 0) is 26.0 Å². The molecule has 0 spiro atoms. The van der Waals surface area contributed by atoms with E-state index in [9.17, 15) is 0 Å². The van der Waals surface area contributed by atoms with Gasteiger partial charge in [0.25, 0.3) is 0 Å². The lowest BCUT2D eigenvalue weighted by Crippen LogP contribution is -2.24. The number of nitrogens with zero attached hydrogens (tertiary/aromatic N) is 4. The molecule has 2 rings (SSSR count). The van der Waals surface area contributed by atoms with Gasteiger partial charge in [-0.25, -0.2) is 9.97 Å². The number of aromatic nitrogens is 3. The first-order valence-corrected chi connectivity index (χ1v) is 6.75. The van der Waals surface area contributed by atoms with Gasteiger partial charge in [-0.15, -0.1) is 0 Å². The van der Waals surface area contributed by atoms with Crippen molar-refractivity contribution in [2.45, 2.75) is 20.4 Å². The normalized spacial score (nSPS) is 10.4. The molecule has 0 saturated heterocycles. The average Bonchev–Trinajstić information content (AvgIpc) is 2.44. The second-order valence-electron chi connectivity index (χ2n) is 4.31. The zero-order chi connectivity index (χ0) is 14.5. The van der Waals surface area contributed by atoms with E-state index in [4.69, 9.17) is 16.3 Å². The molecule has 0 unspecified atom stereocenters. The van der Waals surface area contributed by atoms with Gasteiger partial charge in [0.2, 0.25) is 0 Å². The van der Waals surface area contributed by atoms with E-state index < -0.39 is 0 Å². The number of hydrogen-bond donors (Lipinski definition) is 0. The van der Waals surface area contributed by atoms with Gasteiger partial charge in [0, 0.05) is 12.2 Å². The Bertz CT molecular complexity index is 591. The topological polar surface area (TPSA) is 51.1 Å². The minimum atomic E-state index is 0.313. The van der Waals surface area contributed by atoms with Crippen molar-refractivity contribution in [3.05, 3.63) is 41.1 Å². The van der Waals surface area contributed by atoms with Crippen LogP contribution in [0.1, 0.15) is 18.3 Å². The molecule has 0 aliphatic heterocycles. The van der Waals surface area contributed by atoms with Crippen molar-refractivity contribution in [3.63, 3.8) is 0 Å². The van der Waals surface area contributed by atoms with Crippen molar-refractivity contribution in [1.29, 1.82) is 0 Å². The summed E-state index contributed by atoms with van der Waals surface area (Å²) in [6.45, 7) is 5.42. The van der Waals surface area contributed by atoms with Crippen LogP contribution in [0.25, 0.3) is 0 Å². The molecule has 0 amide bonds. The Labute approximate surface area is 123 Å². The maximum absolute atomic E-state index is 6.04. The quantitative estimate of drug-likeness (QED) is 0.793. The van der Waals surface area contributed by atoms with Crippen LogP contribution in [0.15, 0.2) is 24.5 Å². The summed E-state index contributed by atoms with van der Waals surface area (Å²) in [7, 11) is 1.56. The van der Waals surface area contributed by atoms with Crippen LogP contribution in [0.5, 0.6) is 5.75 Å². The van der Waals surface area contributed by atoms with Crippen LogP contribution in [0.3, 0.4) is 0 Å². The molecule has 20 heavy (non-hydrogen) atoms. The van der Waals surface area contributed by atoms with Gasteiger partial charge in [0.05, 0.1) is 19.3 Å². The first-order chi connectivity index (χ1) is 9.65. The lowest BCUT2D eigenvalue weighted by Gasteiger charge is -2.23. The van der Waals surface area contributed by atoms with E-state index in [1.165, 1.54) is 6.33 Å². The van der Waals surface area contributed by atoms with Gasteiger partial charge >= 0.3 is 0 Å². The van der Waals surface area contributed by atoms with E-state index >= 15 is 0 Å². The van der Waals surface area contributed by atoms with Crippen LogP contribution in [0.4, 0.5) is 5.82 Å². The Morgan fingerprint density at radius 3 is 2.75 bits per heavy atom. The zero-order valence-corrected chi connectivity index (χ0v) is 12.6. The minimum Gasteiger partial charge on any atom is -0.490 e. The fraction of sp³-hybridized carbons (Fsp3) is 0.357. The number of pyridine rings is 1. The summed E-state index contributed by atoms with van der Waals surface area (Å²) in [6.07, 6.45) is 1.44. The Kier molecular flexibility index (Phi) is 4.74. The number of methoxy groups -OCH3 is 1. The first-order valence-electron chi connectivity index (χ1n) is 6.37. The molecule has 2 heterocycles. The van der Waals surface area contributed by atoms with Gasteiger partial charge in [-0.3, -0.25) is 4.98 Å². The molecule has 6 heteroatoms. The van der Waals surface area contributed by atoms with Crippen LogP contribution in [-0.4, -0.2) is 28.6 Å². The van der Waals surface area contributed by atoms with Crippen LogP contribution in [0.2, 0.25) is 5.15 Å². The molecule has 0 aliphatic carbocycles. The molecule has 2 aromatic rings. The summed E-state index contributed by atoms with van der Waals surface area (Å²) in [5.41, 5.74) is 1.97. The number of anilines is 1. The number of halogens is 1. The zero-order valence-electron chi connectivity index (χ0n) is 11.8. The van der Waals surface area contributed by atoms with Crippen molar-refractivity contribution < 1.29 is 4.74 Å². The molecular formula is C14H17ClN4O. The van der Waals surface area contributed by atoms with Crippen molar-refractivity contribution in [2.24, 2.45) is 0 Å². The molecular weight excluding hydrogens is 276 g/mol. The van der Waals surface area contributed by atoms with Gasteiger partial charge in [-0.2, -0.15) is 0 Å². The SMILES string of the molecule is CCN(Cc1cccc(C)n1)c1ncnc(Cl)c1OC. The molecule has 0 radical (unpaired) electrons. The Morgan fingerprint density at radius 1 is 1.30 bits per heavy atom. The monoisotopic (exact) mass is 292 g/mol. The molecule has 0 N–H and O–H groups in total. The smallest absolute Gasteiger partial charge is 0.199 e. The van der Waals surface area contributed by atoms with Crippen molar-refractivity contribution >= 4 is 17.4 Å². The Balaban J connectivity index is 2.31. The third kappa shape index (κ3) is 3.17. The van der Waals surface area contributed by atoms with Crippen molar-refractivity contribution in [1.82, 2.24) is 15.0 Å². The highest BCUT2D eigenvalue weighted by Gasteiger charge is 2.16. The third-order valence-electron chi connectivity index (χ3n) is 2.93. The second-order valence-corrected chi connectivity index (χ2v) is 4.66. The van der Waals surface area contributed by atoms with Crippen molar-refractivity contribution in [2.75, 3.05) is 18.6 Å². The maximum Gasteiger partial charge on any atom is 0.199 e. The van der Waals surface area contributed by atoms with Crippen LogP contribution in [-0.2, 0) is 6.54 Å². The highest BCUT2D eigenvalue weighted by atomic mass is 35.5. The lowest BCUT2D eigenvalue weighted by atomic mass is 10.3. The van der Waals surface area contributed by atoms with E-state index in [1.54, 1.807) is 7.11 Å². The summed E-state index contributed by atoms with van der Waals surface area (Å²) < 4.78 is 5.30. The van der Waals surface area contributed by atoms with Crippen LogP contribution in [0, 0.1) is 6.92 Å². The van der Waals surface area contributed by atoms with E-state index in [-0.39, 0.29) is 0 Å². The van der Waals surface area contributed by atoms with E-state index in [0.717, 1.165) is 17.9 Å². The predicted molar refractivity (Wildman–Crippen MR) is 79.3 cm³/mol. The predicted octanol–water partition coefficient (Wildman–Crippen LogP) is 2.87. The summed E-state index contributed by atoms with van der Waals surface area (Å²) in [6, 6.07) is 5.96. The highest BCUT2D eigenvalue weighted by Crippen LogP contribution is 2.31. The summed E-state index contributed by atoms with van der Waals surface area (Å²) in [5.74, 6) is 1.17. The molecule has 0 aliphatic rings. The third-order valence-corrected chi connectivity index (χ3v) is 3.20. The molecule has 5 nitrogen and oxygen atoms in total. The van der Waals surface area contributed by atoms with E-state index in [0.29, 0.717) is 23.3 Å². The molecule has 0 atom stereocenters. The Morgan fingerprint density at radius 2 is 2.10 bits per heavy atom. The second kappa shape index (κ2) is 6.52.